The van der Waals surface area contributed by atoms with Crippen molar-refractivity contribution in [2.24, 2.45) is 5.41 Å². The molecule has 0 unspecified atom stereocenters. The highest BCUT2D eigenvalue weighted by Crippen LogP contribution is 2.29. The Morgan fingerprint density at radius 3 is 2.64 bits per heavy atom. The number of hydrogen-bond donors (Lipinski definition) is 1. The second kappa shape index (κ2) is 3.18. The Hall–Kier alpha value is -0.630. The summed E-state index contributed by atoms with van der Waals surface area (Å²) in [7, 11) is 0. The Labute approximate surface area is 67.7 Å². The molecule has 0 aromatic heterocycles. The van der Waals surface area contributed by atoms with E-state index in [0.29, 0.717) is 12.2 Å². The van der Waals surface area contributed by atoms with Crippen LogP contribution in [0.1, 0.15) is 19.8 Å². The van der Waals surface area contributed by atoms with Gasteiger partial charge < -0.3 is 5.32 Å². The van der Waals surface area contributed by atoms with Crippen LogP contribution in [0, 0.1) is 5.41 Å². The van der Waals surface area contributed by atoms with Crippen LogP contribution in [-0.4, -0.2) is 18.9 Å². The summed E-state index contributed by atoms with van der Waals surface area (Å²) in [6.45, 7) is 7.26. The molecule has 0 aliphatic carbocycles. The lowest BCUT2D eigenvalue weighted by atomic mass is 9.74. The van der Waals surface area contributed by atoms with Crippen LogP contribution in [0.5, 0.6) is 0 Å². The molecule has 2 heteroatoms. The number of nitrogens with one attached hydrogen (secondary N) is 1. The molecular formula is C9H15NO. The lowest BCUT2D eigenvalue weighted by Gasteiger charge is -2.40. The van der Waals surface area contributed by atoms with Crippen molar-refractivity contribution in [3.8, 4) is 0 Å². The average Bonchev–Trinajstić information content (AvgIpc) is 1.95. The van der Waals surface area contributed by atoms with E-state index in [1.807, 2.05) is 13.0 Å². The van der Waals surface area contributed by atoms with Crippen LogP contribution in [0.15, 0.2) is 12.7 Å². The van der Waals surface area contributed by atoms with E-state index in [-0.39, 0.29) is 5.41 Å². The fraction of sp³-hybridized carbons (Fsp3) is 0.667. The topological polar surface area (TPSA) is 29.1 Å². The Balaban J connectivity index is 2.59. The van der Waals surface area contributed by atoms with Gasteiger partial charge in [0.1, 0.15) is 5.78 Å². The Kier molecular flexibility index (Phi) is 2.45. The first-order chi connectivity index (χ1) is 5.25. The number of allylic oxidation sites excluding steroid dienone is 1. The van der Waals surface area contributed by atoms with Gasteiger partial charge in [0.2, 0.25) is 0 Å². The third kappa shape index (κ3) is 1.36. The van der Waals surface area contributed by atoms with E-state index in [1.165, 1.54) is 0 Å². The maximum absolute atomic E-state index is 11.4. The number of carbonyl (C=O) groups excluding carboxylic acids is 1. The van der Waals surface area contributed by atoms with Gasteiger partial charge >= 0.3 is 0 Å². The fourth-order valence-corrected chi connectivity index (χ4v) is 1.53. The predicted molar refractivity (Wildman–Crippen MR) is 45.4 cm³/mol. The highest BCUT2D eigenvalue weighted by Gasteiger charge is 2.41. The maximum atomic E-state index is 11.4. The SMILES string of the molecule is C=CCC1(C(=O)CC)CNC1. The summed E-state index contributed by atoms with van der Waals surface area (Å²) in [5.41, 5.74) is -0.0868. The Morgan fingerprint density at radius 2 is 2.36 bits per heavy atom. The van der Waals surface area contributed by atoms with Gasteiger partial charge in [-0.1, -0.05) is 13.0 Å². The van der Waals surface area contributed by atoms with Crippen LogP contribution in [-0.2, 0) is 4.79 Å². The van der Waals surface area contributed by atoms with Crippen molar-refractivity contribution < 1.29 is 4.79 Å². The molecule has 0 bridgehead atoms. The Bertz CT molecular complexity index is 170. The first kappa shape index (κ1) is 8.47. The van der Waals surface area contributed by atoms with Crippen molar-refractivity contribution in [3.63, 3.8) is 0 Å². The number of ketones is 1. The van der Waals surface area contributed by atoms with E-state index in [0.717, 1.165) is 19.5 Å². The van der Waals surface area contributed by atoms with Crippen LogP contribution >= 0.6 is 0 Å². The van der Waals surface area contributed by atoms with Crippen LogP contribution in [0.25, 0.3) is 0 Å². The van der Waals surface area contributed by atoms with Crippen molar-refractivity contribution in [1.82, 2.24) is 5.32 Å². The zero-order valence-corrected chi connectivity index (χ0v) is 7.02. The second-order valence-electron chi connectivity index (χ2n) is 3.15. The molecular weight excluding hydrogens is 138 g/mol. The monoisotopic (exact) mass is 153 g/mol. The smallest absolute Gasteiger partial charge is 0.141 e. The molecule has 0 spiro atoms. The summed E-state index contributed by atoms with van der Waals surface area (Å²) >= 11 is 0. The van der Waals surface area contributed by atoms with Gasteiger partial charge in [-0.3, -0.25) is 4.79 Å². The second-order valence-corrected chi connectivity index (χ2v) is 3.15. The third-order valence-electron chi connectivity index (χ3n) is 2.37. The molecule has 2 nitrogen and oxygen atoms in total. The van der Waals surface area contributed by atoms with Crippen molar-refractivity contribution >= 4 is 5.78 Å². The number of rotatable bonds is 4. The molecule has 1 heterocycles. The molecule has 0 saturated carbocycles. The number of Topliss-reactive ketones (excluding diaryl/α,β-unsaturated/α-hetero) is 1. The van der Waals surface area contributed by atoms with Gasteiger partial charge in [0, 0.05) is 19.5 Å². The first-order valence-corrected chi connectivity index (χ1v) is 4.10. The molecule has 0 radical (unpaired) electrons. The van der Waals surface area contributed by atoms with E-state index in [4.69, 9.17) is 0 Å². The van der Waals surface area contributed by atoms with Crippen LogP contribution in [0.2, 0.25) is 0 Å². The van der Waals surface area contributed by atoms with Gasteiger partial charge in [0.05, 0.1) is 5.41 Å². The van der Waals surface area contributed by atoms with E-state index in [1.54, 1.807) is 0 Å². The molecule has 1 aliphatic heterocycles. The standard InChI is InChI=1S/C9H15NO/c1-3-5-9(6-10-7-9)8(11)4-2/h3,10H,1,4-7H2,2H3. The van der Waals surface area contributed by atoms with Gasteiger partial charge in [-0.2, -0.15) is 0 Å². The minimum atomic E-state index is -0.0868. The highest BCUT2D eigenvalue weighted by molar-refractivity contribution is 5.86. The number of carbonyl (C=O) groups is 1. The van der Waals surface area contributed by atoms with Crippen molar-refractivity contribution in [2.45, 2.75) is 19.8 Å². The molecule has 1 N–H and O–H groups in total. The summed E-state index contributed by atoms with van der Waals surface area (Å²) < 4.78 is 0. The van der Waals surface area contributed by atoms with E-state index >= 15 is 0 Å². The summed E-state index contributed by atoms with van der Waals surface area (Å²) in [5.74, 6) is 0.371. The molecule has 1 rings (SSSR count). The molecule has 1 saturated heterocycles. The lowest BCUT2D eigenvalue weighted by Crippen LogP contribution is -2.57. The fourth-order valence-electron chi connectivity index (χ4n) is 1.53. The molecule has 0 aromatic rings. The third-order valence-corrected chi connectivity index (χ3v) is 2.37. The molecule has 0 atom stereocenters. The van der Waals surface area contributed by atoms with Gasteiger partial charge in [-0.15, -0.1) is 6.58 Å². The average molecular weight is 153 g/mol. The zero-order valence-electron chi connectivity index (χ0n) is 7.02. The van der Waals surface area contributed by atoms with Crippen LogP contribution in [0.4, 0.5) is 0 Å². The van der Waals surface area contributed by atoms with Crippen LogP contribution in [0.3, 0.4) is 0 Å². The van der Waals surface area contributed by atoms with E-state index in [9.17, 15) is 4.79 Å². The molecule has 62 valence electrons. The summed E-state index contributed by atoms with van der Waals surface area (Å²) in [6.07, 6.45) is 3.32. The predicted octanol–water partition coefficient (Wildman–Crippen LogP) is 1.13. The minimum Gasteiger partial charge on any atom is -0.315 e. The lowest BCUT2D eigenvalue weighted by molar-refractivity contribution is -0.131. The maximum Gasteiger partial charge on any atom is 0.141 e. The summed E-state index contributed by atoms with van der Waals surface area (Å²) in [6, 6.07) is 0. The summed E-state index contributed by atoms with van der Waals surface area (Å²) in [5, 5.41) is 3.13. The van der Waals surface area contributed by atoms with Crippen molar-refractivity contribution in [2.75, 3.05) is 13.1 Å². The van der Waals surface area contributed by atoms with E-state index in [2.05, 4.69) is 11.9 Å². The minimum absolute atomic E-state index is 0.0868. The molecule has 0 amide bonds. The normalized spacial score (nSPS) is 20.5. The molecule has 1 fully saturated rings. The Morgan fingerprint density at radius 1 is 1.73 bits per heavy atom. The van der Waals surface area contributed by atoms with Gasteiger partial charge in [0.25, 0.3) is 0 Å². The molecule has 0 aromatic carbocycles. The first-order valence-electron chi connectivity index (χ1n) is 4.10. The quantitative estimate of drug-likeness (QED) is 0.613. The van der Waals surface area contributed by atoms with Crippen LogP contribution < -0.4 is 5.32 Å². The molecule has 1 aliphatic rings. The van der Waals surface area contributed by atoms with Gasteiger partial charge in [0.15, 0.2) is 0 Å². The van der Waals surface area contributed by atoms with Gasteiger partial charge in [-0.25, -0.2) is 0 Å². The van der Waals surface area contributed by atoms with Crippen molar-refractivity contribution in [1.29, 1.82) is 0 Å². The molecule has 11 heavy (non-hydrogen) atoms. The number of hydrogen-bond acceptors (Lipinski definition) is 2. The summed E-state index contributed by atoms with van der Waals surface area (Å²) in [4.78, 5) is 11.4. The highest BCUT2D eigenvalue weighted by atomic mass is 16.1. The zero-order chi connectivity index (χ0) is 8.32. The van der Waals surface area contributed by atoms with Gasteiger partial charge in [-0.05, 0) is 6.42 Å². The largest absolute Gasteiger partial charge is 0.315 e. The van der Waals surface area contributed by atoms with E-state index < -0.39 is 0 Å². The van der Waals surface area contributed by atoms with Crippen molar-refractivity contribution in [3.05, 3.63) is 12.7 Å².